The molecule has 0 bridgehead atoms. The molecule has 0 radical (unpaired) electrons. The molecule has 7 heteroatoms. The van der Waals surface area contributed by atoms with Gasteiger partial charge < -0.3 is 21.7 Å². The smallest absolute Gasteiger partial charge is 0.323 e. The molecule has 0 aliphatic rings. The highest BCUT2D eigenvalue weighted by Crippen LogP contribution is 2.13. The molecule has 0 spiro atoms. The number of rotatable bonds is 6. The zero-order valence-corrected chi connectivity index (χ0v) is 15.7. The third kappa shape index (κ3) is 7.55. The maximum Gasteiger partial charge on any atom is 0.323 e. The van der Waals surface area contributed by atoms with Crippen LogP contribution in [0.2, 0.25) is 0 Å². The molecular formula is C19H25ClN4O2. The quantitative estimate of drug-likeness (QED) is 0.622. The highest BCUT2D eigenvalue weighted by Gasteiger charge is 2.06. The van der Waals surface area contributed by atoms with Gasteiger partial charge in [0.15, 0.2) is 0 Å². The van der Waals surface area contributed by atoms with Crippen LogP contribution in [0.25, 0.3) is 0 Å². The van der Waals surface area contributed by atoms with Gasteiger partial charge in [0.05, 0.1) is 0 Å². The van der Waals surface area contributed by atoms with Gasteiger partial charge in [0.2, 0.25) is 5.91 Å². The fraction of sp³-hybridized carbons (Fsp3) is 0.263. The molecule has 2 rings (SSSR count). The van der Waals surface area contributed by atoms with E-state index in [-0.39, 0.29) is 36.8 Å². The van der Waals surface area contributed by atoms with E-state index < -0.39 is 0 Å². The van der Waals surface area contributed by atoms with E-state index >= 15 is 0 Å². The molecule has 0 saturated carbocycles. The van der Waals surface area contributed by atoms with E-state index in [9.17, 15) is 9.59 Å². The molecule has 6 nitrogen and oxygen atoms in total. The number of hydrogen-bond acceptors (Lipinski definition) is 3. The van der Waals surface area contributed by atoms with Gasteiger partial charge in [0.1, 0.15) is 0 Å². The Labute approximate surface area is 160 Å². The Hall–Kier alpha value is -2.57. The van der Waals surface area contributed by atoms with Crippen LogP contribution in [0.15, 0.2) is 48.5 Å². The summed E-state index contributed by atoms with van der Waals surface area (Å²) in [5.41, 5.74) is 8.95. The lowest BCUT2D eigenvalue weighted by atomic mass is 10.2. The van der Waals surface area contributed by atoms with Crippen LogP contribution in [0.1, 0.15) is 24.5 Å². The largest absolute Gasteiger partial charge is 0.352 e. The average molecular weight is 377 g/mol. The van der Waals surface area contributed by atoms with Crippen LogP contribution in [0.4, 0.5) is 16.2 Å². The average Bonchev–Trinajstić information content (AvgIpc) is 2.52. The van der Waals surface area contributed by atoms with Gasteiger partial charge in [-0.3, -0.25) is 4.79 Å². The monoisotopic (exact) mass is 376 g/mol. The summed E-state index contributed by atoms with van der Waals surface area (Å²) in [6.07, 6.45) is 0.289. The fourth-order valence-electron chi connectivity index (χ4n) is 2.34. The lowest BCUT2D eigenvalue weighted by Crippen LogP contribution is -2.29. The molecule has 0 aliphatic heterocycles. The van der Waals surface area contributed by atoms with Crippen molar-refractivity contribution in [3.8, 4) is 0 Å². The number of anilines is 2. The van der Waals surface area contributed by atoms with Crippen molar-refractivity contribution >= 4 is 35.7 Å². The van der Waals surface area contributed by atoms with E-state index in [0.29, 0.717) is 12.2 Å². The molecule has 0 aliphatic carbocycles. The number of aryl methyl sites for hydroxylation is 1. The summed E-state index contributed by atoms with van der Waals surface area (Å²) >= 11 is 0. The SMILES string of the molecule is Cc1cccc(NC(=O)Nc2cccc(CNC(=O)CC(C)N)c2)c1.Cl. The molecule has 140 valence electrons. The molecule has 0 saturated heterocycles. The van der Waals surface area contributed by atoms with Crippen LogP contribution in [0, 0.1) is 6.92 Å². The Kier molecular flexibility index (Phi) is 8.61. The Morgan fingerprint density at radius 1 is 1.04 bits per heavy atom. The van der Waals surface area contributed by atoms with Crippen LogP contribution < -0.4 is 21.7 Å². The first-order chi connectivity index (χ1) is 11.9. The van der Waals surface area contributed by atoms with Crippen LogP contribution in [-0.2, 0) is 11.3 Å². The number of urea groups is 1. The van der Waals surface area contributed by atoms with Gasteiger partial charge in [-0.15, -0.1) is 12.4 Å². The van der Waals surface area contributed by atoms with Crippen molar-refractivity contribution in [3.63, 3.8) is 0 Å². The van der Waals surface area contributed by atoms with Crippen molar-refractivity contribution in [2.24, 2.45) is 5.73 Å². The van der Waals surface area contributed by atoms with Crippen LogP contribution in [-0.4, -0.2) is 18.0 Å². The Morgan fingerprint density at radius 2 is 1.65 bits per heavy atom. The van der Waals surface area contributed by atoms with Crippen molar-refractivity contribution in [2.75, 3.05) is 10.6 Å². The number of carbonyl (C=O) groups is 2. The number of amides is 3. The first kappa shape index (κ1) is 21.5. The number of hydrogen-bond donors (Lipinski definition) is 4. The molecule has 0 fully saturated rings. The summed E-state index contributed by atoms with van der Waals surface area (Å²) in [5, 5.41) is 8.39. The molecular weight excluding hydrogens is 352 g/mol. The zero-order valence-electron chi connectivity index (χ0n) is 14.9. The summed E-state index contributed by atoms with van der Waals surface area (Å²) in [4.78, 5) is 23.7. The van der Waals surface area contributed by atoms with Crippen LogP contribution in [0.5, 0.6) is 0 Å². The molecule has 5 N–H and O–H groups in total. The van der Waals surface area contributed by atoms with Gasteiger partial charge >= 0.3 is 6.03 Å². The fourth-order valence-corrected chi connectivity index (χ4v) is 2.34. The van der Waals surface area contributed by atoms with Gasteiger partial charge in [-0.2, -0.15) is 0 Å². The Balaban J connectivity index is 0.00000338. The molecule has 0 heterocycles. The third-order valence-corrected chi connectivity index (χ3v) is 3.46. The summed E-state index contributed by atoms with van der Waals surface area (Å²) in [5.74, 6) is -0.0921. The summed E-state index contributed by atoms with van der Waals surface area (Å²) in [6, 6.07) is 14.4. The van der Waals surface area contributed by atoms with Crippen molar-refractivity contribution in [1.29, 1.82) is 0 Å². The molecule has 2 aromatic rings. The molecule has 0 aromatic heterocycles. The van der Waals surface area contributed by atoms with Gasteiger partial charge in [-0.25, -0.2) is 4.79 Å². The van der Waals surface area contributed by atoms with Crippen molar-refractivity contribution in [1.82, 2.24) is 5.32 Å². The van der Waals surface area contributed by atoms with Crippen molar-refractivity contribution in [2.45, 2.75) is 32.9 Å². The molecule has 1 unspecified atom stereocenters. The summed E-state index contributed by atoms with van der Waals surface area (Å²) < 4.78 is 0. The number of carbonyl (C=O) groups excluding carboxylic acids is 2. The first-order valence-electron chi connectivity index (χ1n) is 8.18. The van der Waals surface area contributed by atoms with Crippen molar-refractivity contribution < 1.29 is 9.59 Å². The maximum absolute atomic E-state index is 12.1. The Morgan fingerprint density at radius 3 is 2.27 bits per heavy atom. The van der Waals surface area contributed by atoms with E-state index in [1.807, 2.05) is 49.4 Å². The second-order valence-electron chi connectivity index (χ2n) is 6.11. The number of halogens is 1. The van der Waals surface area contributed by atoms with Gasteiger partial charge in [0, 0.05) is 30.4 Å². The van der Waals surface area contributed by atoms with Gasteiger partial charge in [-0.05, 0) is 49.2 Å². The minimum absolute atomic E-state index is 0. The van der Waals surface area contributed by atoms with Crippen LogP contribution in [0.3, 0.4) is 0 Å². The second-order valence-corrected chi connectivity index (χ2v) is 6.11. The number of nitrogens with two attached hydrogens (primary N) is 1. The summed E-state index contributed by atoms with van der Waals surface area (Å²) in [7, 11) is 0. The molecule has 1 atom stereocenters. The van der Waals surface area contributed by atoms with E-state index in [0.717, 1.165) is 16.8 Å². The molecule has 2 aromatic carbocycles. The zero-order chi connectivity index (χ0) is 18.2. The normalized spacial score (nSPS) is 11.0. The lowest BCUT2D eigenvalue weighted by molar-refractivity contribution is -0.121. The van der Waals surface area contributed by atoms with Gasteiger partial charge in [0.25, 0.3) is 0 Å². The first-order valence-corrected chi connectivity index (χ1v) is 8.18. The standard InChI is InChI=1S/C19H24N4O2.ClH/c1-13-5-3-7-16(9-13)22-19(25)23-17-8-4-6-15(11-17)12-21-18(24)10-14(2)20;/h3-9,11,14H,10,12,20H2,1-2H3,(H,21,24)(H2,22,23,25);1H. The number of nitrogens with one attached hydrogen (secondary N) is 3. The minimum Gasteiger partial charge on any atom is -0.352 e. The molecule has 26 heavy (non-hydrogen) atoms. The maximum atomic E-state index is 12.1. The lowest BCUT2D eigenvalue weighted by Gasteiger charge is -2.11. The van der Waals surface area contributed by atoms with E-state index in [2.05, 4.69) is 16.0 Å². The third-order valence-electron chi connectivity index (χ3n) is 3.46. The second kappa shape index (κ2) is 10.4. The summed E-state index contributed by atoms with van der Waals surface area (Å²) in [6.45, 7) is 4.14. The predicted octanol–water partition coefficient (Wildman–Crippen LogP) is 3.41. The van der Waals surface area contributed by atoms with E-state index in [1.165, 1.54) is 0 Å². The topological polar surface area (TPSA) is 96.2 Å². The highest BCUT2D eigenvalue weighted by molar-refractivity contribution is 5.99. The molecule has 3 amide bonds. The van der Waals surface area contributed by atoms with E-state index in [4.69, 9.17) is 5.73 Å². The number of benzene rings is 2. The van der Waals surface area contributed by atoms with Gasteiger partial charge in [-0.1, -0.05) is 24.3 Å². The minimum atomic E-state index is -0.316. The van der Waals surface area contributed by atoms with E-state index in [1.54, 1.807) is 13.0 Å². The Bertz CT molecular complexity index is 750. The predicted molar refractivity (Wildman–Crippen MR) is 108 cm³/mol. The van der Waals surface area contributed by atoms with Crippen molar-refractivity contribution in [3.05, 3.63) is 59.7 Å². The van der Waals surface area contributed by atoms with Crippen LogP contribution >= 0.6 is 12.4 Å². The highest BCUT2D eigenvalue weighted by atomic mass is 35.5.